The van der Waals surface area contributed by atoms with E-state index >= 15 is 0 Å². The van der Waals surface area contributed by atoms with Crippen molar-refractivity contribution in [1.82, 2.24) is 25.1 Å². The topological polar surface area (TPSA) is 98.9 Å². The molecule has 1 fully saturated rings. The van der Waals surface area contributed by atoms with Crippen molar-refractivity contribution in [1.29, 1.82) is 0 Å². The summed E-state index contributed by atoms with van der Waals surface area (Å²) in [6.07, 6.45) is 4.31. The number of nitrogens with zero attached hydrogens (tertiary/aromatic N) is 5. The highest BCUT2D eigenvalue weighted by atomic mass is 16.5. The number of ether oxygens (including phenoxy) is 1. The molecule has 0 unspecified atom stereocenters. The Kier molecular flexibility index (Phi) is 4.04. The van der Waals surface area contributed by atoms with Crippen molar-refractivity contribution < 1.29 is 9.26 Å². The van der Waals surface area contributed by atoms with Crippen molar-refractivity contribution in [3.63, 3.8) is 0 Å². The molecule has 0 aromatic carbocycles. The summed E-state index contributed by atoms with van der Waals surface area (Å²) in [5.74, 6) is 2.70. The Morgan fingerprint density at radius 1 is 1.29 bits per heavy atom. The summed E-state index contributed by atoms with van der Waals surface area (Å²) in [7, 11) is 0. The number of anilines is 1. The summed E-state index contributed by atoms with van der Waals surface area (Å²) in [5, 5.41) is 8.23. The molecule has 3 aromatic rings. The van der Waals surface area contributed by atoms with Gasteiger partial charge in [0.1, 0.15) is 17.7 Å². The molecule has 124 valence electrons. The minimum absolute atomic E-state index is 0.0428. The molecule has 1 aliphatic rings. The molecule has 0 amide bonds. The number of hydrogen-bond acceptors (Lipinski definition) is 8. The van der Waals surface area contributed by atoms with Gasteiger partial charge < -0.3 is 14.6 Å². The molecule has 1 aliphatic heterocycles. The van der Waals surface area contributed by atoms with Crippen molar-refractivity contribution >= 4 is 16.9 Å². The molecule has 24 heavy (non-hydrogen) atoms. The van der Waals surface area contributed by atoms with Crippen LogP contribution in [-0.2, 0) is 11.2 Å². The summed E-state index contributed by atoms with van der Waals surface area (Å²) in [6, 6.07) is 3.83. The van der Waals surface area contributed by atoms with E-state index in [9.17, 15) is 0 Å². The lowest BCUT2D eigenvalue weighted by Crippen LogP contribution is -2.09. The van der Waals surface area contributed by atoms with E-state index in [-0.39, 0.29) is 6.10 Å². The van der Waals surface area contributed by atoms with Crippen LogP contribution in [0.15, 0.2) is 22.9 Å². The van der Waals surface area contributed by atoms with Gasteiger partial charge in [-0.2, -0.15) is 4.98 Å². The highest BCUT2D eigenvalue weighted by Gasteiger charge is 2.23. The zero-order valence-electron chi connectivity index (χ0n) is 13.4. The Morgan fingerprint density at radius 2 is 2.25 bits per heavy atom. The number of fused-ring (bicyclic) bond motifs is 1. The predicted molar refractivity (Wildman–Crippen MR) is 86.5 cm³/mol. The summed E-state index contributed by atoms with van der Waals surface area (Å²) in [6.45, 7) is 3.26. The van der Waals surface area contributed by atoms with Gasteiger partial charge in [0.25, 0.3) is 5.89 Å². The standard InChI is InChI=1S/C16H18N6O2/c1-10-19-14-11(4-2-7-17-14)15(20-10)18-8-6-13-21-16(24-22-13)12-5-3-9-23-12/h2,4,7,12H,3,5-6,8-9H2,1H3,(H,17,18,19,20)/t12-/m1/s1. The van der Waals surface area contributed by atoms with Crippen molar-refractivity contribution in [2.45, 2.75) is 32.3 Å². The maximum atomic E-state index is 5.55. The number of rotatable bonds is 5. The molecule has 1 atom stereocenters. The fraction of sp³-hybridized carbons (Fsp3) is 0.438. The number of hydrogen-bond donors (Lipinski definition) is 1. The highest BCUT2D eigenvalue weighted by molar-refractivity contribution is 5.86. The minimum atomic E-state index is -0.0428. The lowest BCUT2D eigenvalue weighted by atomic mass is 10.2. The number of pyridine rings is 1. The molecule has 4 heterocycles. The van der Waals surface area contributed by atoms with E-state index in [1.807, 2.05) is 19.1 Å². The van der Waals surface area contributed by atoms with E-state index in [0.717, 1.165) is 30.7 Å². The first-order valence-corrected chi connectivity index (χ1v) is 8.07. The van der Waals surface area contributed by atoms with Crippen molar-refractivity contribution in [2.75, 3.05) is 18.5 Å². The fourth-order valence-corrected chi connectivity index (χ4v) is 2.77. The first-order valence-electron chi connectivity index (χ1n) is 8.07. The molecule has 0 saturated carbocycles. The summed E-state index contributed by atoms with van der Waals surface area (Å²) in [5.41, 5.74) is 0.688. The van der Waals surface area contributed by atoms with Gasteiger partial charge in [-0.15, -0.1) is 0 Å². The maximum Gasteiger partial charge on any atom is 0.255 e. The zero-order valence-corrected chi connectivity index (χ0v) is 13.4. The van der Waals surface area contributed by atoms with Gasteiger partial charge >= 0.3 is 0 Å². The van der Waals surface area contributed by atoms with Crippen LogP contribution in [0.5, 0.6) is 0 Å². The van der Waals surface area contributed by atoms with Crippen LogP contribution in [0.1, 0.15) is 36.5 Å². The van der Waals surface area contributed by atoms with Crippen molar-refractivity contribution in [2.24, 2.45) is 0 Å². The number of aryl methyl sites for hydroxylation is 1. The molecule has 0 radical (unpaired) electrons. The van der Waals surface area contributed by atoms with Crippen LogP contribution in [0.4, 0.5) is 5.82 Å². The van der Waals surface area contributed by atoms with Gasteiger partial charge in [0.2, 0.25) is 0 Å². The Hall–Kier alpha value is -2.61. The van der Waals surface area contributed by atoms with Gasteiger partial charge in [-0.25, -0.2) is 15.0 Å². The van der Waals surface area contributed by atoms with Crippen molar-refractivity contribution in [3.05, 3.63) is 35.9 Å². The third-order valence-corrected chi connectivity index (χ3v) is 3.91. The molecule has 1 saturated heterocycles. The molecule has 3 aromatic heterocycles. The second-order valence-electron chi connectivity index (χ2n) is 5.72. The van der Waals surface area contributed by atoms with Crippen LogP contribution in [0.3, 0.4) is 0 Å². The molecule has 8 nitrogen and oxygen atoms in total. The zero-order chi connectivity index (χ0) is 16.4. The largest absolute Gasteiger partial charge is 0.369 e. The molecule has 4 rings (SSSR count). The first-order chi connectivity index (χ1) is 11.8. The van der Waals surface area contributed by atoms with E-state index in [1.165, 1.54) is 0 Å². The Bertz CT molecular complexity index is 843. The van der Waals surface area contributed by atoms with Crippen LogP contribution in [0.2, 0.25) is 0 Å². The summed E-state index contributed by atoms with van der Waals surface area (Å²) in [4.78, 5) is 17.5. The molecule has 8 heteroatoms. The van der Waals surface area contributed by atoms with Crippen LogP contribution in [-0.4, -0.2) is 38.2 Å². The molecule has 1 N–H and O–H groups in total. The monoisotopic (exact) mass is 326 g/mol. The third kappa shape index (κ3) is 3.05. The summed E-state index contributed by atoms with van der Waals surface area (Å²) < 4.78 is 10.8. The number of nitrogens with one attached hydrogen (secondary N) is 1. The Morgan fingerprint density at radius 3 is 3.12 bits per heavy atom. The van der Waals surface area contributed by atoms with Crippen LogP contribution in [0, 0.1) is 6.92 Å². The van der Waals surface area contributed by atoms with E-state index in [2.05, 4.69) is 30.4 Å². The first kappa shape index (κ1) is 14.9. The SMILES string of the molecule is Cc1nc(NCCc2noc([C@H]3CCCO3)n2)c2cccnc2n1. The van der Waals surface area contributed by atoms with Gasteiger partial charge in [-0.1, -0.05) is 5.16 Å². The Balaban J connectivity index is 1.42. The van der Waals surface area contributed by atoms with E-state index in [0.29, 0.717) is 36.2 Å². The normalized spacial score (nSPS) is 17.5. The van der Waals surface area contributed by atoms with Gasteiger partial charge in [0, 0.05) is 25.8 Å². The minimum Gasteiger partial charge on any atom is -0.369 e. The van der Waals surface area contributed by atoms with Crippen LogP contribution < -0.4 is 5.32 Å². The molecular weight excluding hydrogens is 308 g/mol. The van der Waals surface area contributed by atoms with Gasteiger partial charge in [0.15, 0.2) is 11.5 Å². The second kappa shape index (κ2) is 6.48. The molecule has 0 bridgehead atoms. The van der Waals surface area contributed by atoms with Gasteiger partial charge in [-0.05, 0) is 31.9 Å². The third-order valence-electron chi connectivity index (χ3n) is 3.91. The fourth-order valence-electron chi connectivity index (χ4n) is 2.77. The van der Waals surface area contributed by atoms with E-state index in [1.54, 1.807) is 6.20 Å². The predicted octanol–water partition coefficient (Wildman–Crippen LogP) is 2.22. The van der Waals surface area contributed by atoms with Crippen LogP contribution >= 0.6 is 0 Å². The highest BCUT2D eigenvalue weighted by Crippen LogP contribution is 2.27. The van der Waals surface area contributed by atoms with Gasteiger partial charge in [-0.3, -0.25) is 0 Å². The lowest BCUT2D eigenvalue weighted by Gasteiger charge is -2.07. The molecule has 0 aliphatic carbocycles. The second-order valence-corrected chi connectivity index (χ2v) is 5.72. The molecular formula is C16H18N6O2. The quantitative estimate of drug-likeness (QED) is 0.762. The van der Waals surface area contributed by atoms with Crippen molar-refractivity contribution in [3.8, 4) is 0 Å². The molecule has 0 spiro atoms. The van der Waals surface area contributed by atoms with Crippen LogP contribution in [0.25, 0.3) is 11.0 Å². The number of aromatic nitrogens is 5. The van der Waals surface area contributed by atoms with E-state index < -0.39 is 0 Å². The Labute approximate surface area is 138 Å². The smallest absolute Gasteiger partial charge is 0.255 e. The summed E-state index contributed by atoms with van der Waals surface area (Å²) >= 11 is 0. The maximum absolute atomic E-state index is 5.55. The average molecular weight is 326 g/mol. The average Bonchev–Trinajstić information content (AvgIpc) is 3.26. The van der Waals surface area contributed by atoms with Gasteiger partial charge in [0.05, 0.1) is 5.39 Å². The van der Waals surface area contributed by atoms with E-state index in [4.69, 9.17) is 9.26 Å². The lowest BCUT2D eigenvalue weighted by molar-refractivity contribution is 0.0835.